The molecule has 0 saturated carbocycles. The highest BCUT2D eigenvalue weighted by molar-refractivity contribution is 5.60. The van der Waals surface area contributed by atoms with Crippen molar-refractivity contribution in [3.8, 4) is 0 Å². The summed E-state index contributed by atoms with van der Waals surface area (Å²) in [4.78, 5) is 11.7. The van der Waals surface area contributed by atoms with Crippen LogP contribution >= 0.6 is 0 Å². The Morgan fingerprint density at radius 2 is 1.75 bits per heavy atom. The van der Waals surface area contributed by atoms with Gasteiger partial charge in [0.1, 0.15) is 6.10 Å². The minimum atomic E-state index is -0.550. The van der Waals surface area contributed by atoms with Crippen molar-refractivity contribution in [3.63, 3.8) is 0 Å². The molecule has 3 heteroatoms. The summed E-state index contributed by atoms with van der Waals surface area (Å²) in [6.45, 7) is 4.70. The Morgan fingerprint density at radius 1 is 1.05 bits per heavy atom. The van der Waals surface area contributed by atoms with E-state index in [0.29, 0.717) is 6.61 Å². The summed E-state index contributed by atoms with van der Waals surface area (Å²) in [5, 5.41) is 0. The molecule has 1 aromatic carbocycles. The maximum absolute atomic E-state index is 11.7. The molecule has 0 N–H and O–H groups in total. The number of ether oxygens (including phenoxy) is 2. The average Bonchev–Trinajstić information content (AvgIpc) is 2.49. The van der Waals surface area contributed by atoms with E-state index in [1.807, 2.05) is 30.3 Å². The lowest BCUT2D eigenvalue weighted by molar-refractivity contribution is 0.0184. The highest BCUT2D eigenvalue weighted by Crippen LogP contribution is 2.24. The standard InChI is InChI=1S/C17H26O3/c1-3-5-10-14-19-17(18)20-16(13-6-4-2)15-11-8-7-9-12-15/h7-9,11-12,16H,3-6,10,13-14H2,1-2H3. The summed E-state index contributed by atoms with van der Waals surface area (Å²) in [6, 6.07) is 9.87. The Bertz CT molecular complexity index is 362. The second kappa shape index (κ2) is 10.3. The van der Waals surface area contributed by atoms with Crippen molar-refractivity contribution in [1.29, 1.82) is 0 Å². The molecule has 112 valence electrons. The predicted octanol–water partition coefficient (Wildman–Crippen LogP) is 5.26. The van der Waals surface area contributed by atoms with Gasteiger partial charge in [-0.3, -0.25) is 0 Å². The SMILES string of the molecule is CCCCCOC(=O)OC(CCCC)c1ccccc1. The molecular formula is C17H26O3. The molecule has 0 fully saturated rings. The van der Waals surface area contributed by atoms with Crippen molar-refractivity contribution in [2.75, 3.05) is 6.61 Å². The van der Waals surface area contributed by atoms with E-state index >= 15 is 0 Å². The van der Waals surface area contributed by atoms with Gasteiger partial charge in [-0.25, -0.2) is 4.79 Å². The van der Waals surface area contributed by atoms with E-state index in [1.54, 1.807) is 0 Å². The van der Waals surface area contributed by atoms with Gasteiger partial charge in [0.15, 0.2) is 0 Å². The third-order valence-electron chi connectivity index (χ3n) is 3.20. The molecule has 0 saturated heterocycles. The zero-order valence-corrected chi connectivity index (χ0v) is 12.6. The quantitative estimate of drug-likeness (QED) is 0.456. The molecule has 3 nitrogen and oxygen atoms in total. The van der Waals surface area contributed by atoms with Crippen LogP contribution in [0.2, 0.25) is 0 Å². The summed E-state index contributed by atoms with van der Waals surface area (Å²) in [5.74, 6) is 0. The molecule has 20 heavy (non-hydrogen) atoms. The maximum atomic E-state index is 11.7. The lowest BCUT2D eigenvalue weighted by Gasteiger charge is -2.17. The molecule has 0 spiro atoms. The van der Waals surface area contributed by atoms with E-state index in [2.05, 4.69) is 13.8 Å². The minimum Gasteiger partial charge on any atom is -0.434 e. The van der Waals surface area contributed by atoms with Crippen LogP contribution < -0.4 is 0 Å². The first-order valence-corrected chi connectivity index (χ1v) is 7.66. The molecule has 0 amide bonds. The van der Waals surface area contributed by atoms with Gasteiger partial charge in [-0.2, -0.15) is 0 Å². The van der Waals surface area contributed by atoms with E-state index < -0.39 is 6.16 Å². The molecule has 0 aromatic heterocycles. The molecule has 0 heterocycles. The van der Waals surface area contributed by atoms with Crippen LogP contribution in [-0.4, -0.2) is 12.8 Å². The molecule has 1 rings (SSSR count). The van der Waals surface area contributed by atoms with Crippen LogP contribution in [0.3, 0.4) is 0 Å². The first-order chi connectivity index (χ1) is 9.77. The average molecular weight is 278 g/mol. The molecule has 0 radical (unpaired) electrons. The van der Waals surface area contributed by atoms with Crippen LogP contribution in [0.15, 0.2) is 30.3 Å². The molecule has 0 aliphatic carbocycles. The Balaban J connectivity index is 2.46. The molecule has 0 bridgehead atoms. The first-order valence-electron chi connectivity index (χ1n) is 7.66. The fraction of sp³-hybridized carbons (Fsp3) is 0.588. The summed E-state index contributed by atoms with van der Waals surface area (Å²) in [7, 11) is 0. The minimum absolute atomic E-state index is 0.199. The summed E-state index contributed by atoms with van der Waals surface area (Å²) in [6.07, 6.45) is 5.29. The number of hydrogen-bond donors (Lipinski definition) is 0. The second-order valence-electron chi connectivity index (χ2n) is 4.96. The van der Waals surface area contributed by atoms with Crippen LogP contribution in [0.5, 0.6) is 0 Å². The fourth-order valence-electron chi connectivity index (χ4n) is 2.01. The van der Waals surface area contributed by atoms with E-state index in [4.69, 9.17) is 9.47 Å². The van der Waals surface area contributed by atoms with Gasteiger partial charge < -0.3 is 9.47 Å². The second-order valence-corrected chi connectivity index (χ2v) is 4.96. The van der Waals surface area contributed by atoms with Gasteiger partial charge in [0.05, 0.1) is 6.61 Å². The van der Waals surface area contributed by atoms with Crippen molar-refractivity contribution >= 4 is 6.16 Å². The predicted molar refractivity (Wildman–Crippen MR) is 80.7 cm³/mol. The van der Waals surface area contributed by atoms with E-state index in [-0.39, 0.29) is 6.10 Å². The number of unbranched alkanes of at least 4 members (excludes halogenated alkanes) is 3. The van der Waals surface area contributed by atoms with Gasteiger partial charge in [0.2, 0.25) is 0 Å². The third kappa shape index (κ3) is 6.60. The number of rotatable bonds is 9. The Hall–Kier alpha value is -1.51. The molecule has 1 unspecified atom stereocenters. The van der Waals surface area contributed by atoms with Gasteiger partial charge in [-0.05, 0) is 24.8 Å². The van der Waals surface area contributed by atoms with E-state index in [9.17, 15) is 4.79 Å². The molecule has 1 atom stereocenters. The van der Waals surface area contributed by atoms with Crippen LogP contribution in [0.4, 0.5) is 4.79 Å². The Morgan fingerprint density at radius 3 is 2.40 bits per heavy atom. The van der Waals surface area contributed by atoms with E-state index in [1.165, 1.54) is 0 Å². The summed E-state index contributed by atoms with van der Waals surface area (Å²) < 4.78 is 10.6. The van der Waals surface area contributed by atoms with Gasteiger partial charge in [0, 0.05) is 0 Å². The Labute approximate surface area is 122 Å². The van der Waals surface area contributed by atoms with Crippen molar-refractivity contribution in [3.05, 3.63) is 35.9 Å². The van der Waals surface area contributed by atoms with Gasteiger partial charge >= 0.3 is 6.16 Å². The summed E-state index contributed by atoms with van der Waals surface area (Å²) >= 11 is 0. The number of carbonyl (C=O) groups excluding carboxylic acids is 1. The van der Waals surface area contributed by atoms with Crippen molar-refractivity contribution in [2.45, 2.75) is 58.5 Å². The smallest absolute Gasteiger partial charge is 0.434 e. The highest BCUT2D eigenvalue weighted by atomic mass is 16.7. The van der Waals surface area contributed by atoms with Gasteiger partial charge in [-0.1, -0.05) is 63.4 Å². The number of benzene rings is 1. The molecular weight excluding hydrogens is 252 g/mol. The van der Waals surface area contributed by atoms with Crippen LogP contribution in [-0.2, 0) is 9.47 Å². The largest absolute Gasteiger partial charge is 0.508 e. The zero-order chi connectivity index (χ0) is 14.6. The topological polar surface area (TPSA) is 35.5 Å². The van der Waals surface area contributed by atoms with E-state index in [0.717, 1.165) is 44.1 Å². The number of carbonyl (C=O) groups is 1. The van der Waals surface area contributed by atoms with Crippen molar-refractivity contribution in [1.82, 2.24) is 0 Å². The first kappa shape index (κ1) is 16.5. The summed E-state index contributed by atoms with van der Waals surface area (Å²) in [5.41, 5.74) is 1.03. The molecule has 0 aliphatic heterocycles. The normalized spacial score (nSPS) is 11.9. The maximum Gasteiger partial charge on any atom is 0.508 e. The third-order valence-corrected chi connectivity index (χ3v) is 3.20. The van der Waals surface area contributed by atoms with Crippen molar-refractivity contribution in [2.24, 2.45) is 0 Å². The van der Waals surface area contributed by atoms with Gasteiger partial charge in [-0.15, -0.1) is 0 Å². The lowest BCUT2D eigenvalue weighted by atomic mass is 10.0. The van der Waals surface area contributed by atoms with Crippen LogP contribution in [0.25, 0.3) is 0 Å². The Kier molecular flexibility index (Phi) is 8.52. The monoisotopic (exact) mass is 278 g/mol. The zero-order valence-electron chi connectivity index (χ0n) is 12.6. The van der Waals surface area contributed by atoms with Crippen LogP contribution in [0.1, 0.15) is 64.0 Å². The lowest BCUT2D eigenvalue weighted by Crippen LogP contribution is -2.13. The molecule has 0 aliphatic rings. The van der Waals surface area contributed by atoms with Crippen molar-refractivity contribution < 1.29 is 14.3 Å². The van der Waals surface area contributed by atoms with Gasteiger partial charge in [0.25, 0.3) is 0 Å². The highest BCUT2D eigenvalue weighted by Gasteiger charge is 2.16. The number of hydrogen-bond acceptors (Lipinski definition) is 3. The van der Waals surface area contributed by atoms with Crippen LogP contribution in [0, 0.1) is 0 Å². The molecule has 1 aromatic rings. The fourth-order valence-corrected chi connectivity index (χ4v) is 2.01.